The van der Waals surface area contributed by atoms with Crippen LogP contribution in [0.1, 0.15) is 39.5 Å². The average molecular weight is 230 g/mol. The van der Waals surface area contributed by atoms with Gasteiger partial charge in [-0.25, -0.2) is 0 Å². The number of rotatable bonds is 7. The van der Waals surface area contributed by atoms with Crippen LogP contribution in [0.3, 0.4) is 0 Å². The molecule has 0 aliphatic carbocycles. The first-order valence-electron chi connectivity index (χ1n) is 6.19. The van der Waals surface area contributed by atoms with E-state index in [1.807, 2.05) is 6.92 Å². The lowest BCUT2D eigenvalue weighted by Crippen LogP contribution is -2.30. The third-order valence-corrected chi connectivity index (χ3v) is 2.68. The molecule has 1 rings (SSSR count). The van der Waals surface area contributed by atoms with Gasteiger partial charge < -0.3 is 14.2 Å². The minimum absolute atomic E-state index is 0.189. The van der Waals surface area contributed by atoms with Crippen LogP contribution in [0.5, 0.6) is 0 Å². The zero-order chi connectivity index (χ0) is 11.8. The molecule has 0 aromatic heterocycles. The van der Waals surface area contributed by atoms with Gasteiger partial charge in [0.05, 0.1) is 19.8 Å². The number of unbranched alkanes of at least 4 members (excludes halogenated alkanes) is 2. The van der Waals surface area contributed by atoms with E-state index >= 15 is 0 Å². The van der Waals surface area contributed by atoms with Crippen molar-refractivity contribution in [2.45, 2.75) is 45.8 Å². The largest absolute Gasteiger partial charge is 0.466 e. The van der Waals surface area contributed by atoms with E-state index in [0.717, 1.165) is 25.7 Å². The molecule has 1 saturated heterocycles. The molecule has 1 aliphatic rings. The number of hydrogen-bond donors (Lipinski definition) is 0. The molecule has 0 saturated carbocycles. The standard InChI is InChI=1S/C12H22O4/c1-3-5-6-7-10(11(13)14-4-2)12-15-8-9-16-12/h10,12H,3-9H2,1-2H3. The smallest absolute Gasteiger partial charge is 0.314 e. The van der Waals surface area contributed by atoms with Crippen LogP contribution in [-0.4, -0.2) is 32.1 Å². The highest BCUT2D eigenvalue weighted by atomic mass is 16.7. The summed E-state index contributed by atoms with van der Waals surface area (Å²) in [5.41, 5.74) is 0. The first-order chi connectivity index (χ1) is 7.79. The minimum atomic E-state index is -0.393. The lowest BCUT2D eigenvalue weighted by molar-refractivity contribution is -0.164. The molecule has 0 aromatic rings. The van der Waals surface area contributed by atoms with Crippen molar-refractivity contribution in [3.8, 4) is 0 Å². The van der Waals surface area contributed by atoms with Gasteiger partial charge >= 0.3 is 5.97 Å². The Balaban J connectivity index is 2.43. The first-order valence-corrected chi connectivity index (χ1v) is 6.19. The highest BCUT2D eigenvalue weighted by Gasteiger charge is 2.33. The van der Waals surface area contributed by atoms with Crippen LogP contribution in [0.25, 0.3) is 0 Å². The molecule has 4 heteroatoms. The molecule has 1 aliphatic heterocycles. The molecule has 0 amide bonds. The van der Waals surface area contributed by atoms with Gasteiger partial charge in [-0.1, -0.05) is 26.2 Å². The molecule has 1 unspecified atom stereocenters. The molecule has 4 nitrogen and oxygen atoms in total. The van der Waals surface area contributed by atoms with Gasteiger partial charge in [0.15, 0.2) is 6.29 Å². The molecule has 94 valence electrons. The van der Waals surface area contributed by atoms with Crippen molar-refractivity contribution in [1.29, 1.82) is 0 Å². The number of carbonyl (C=O) groups is 1. The van der Waals surface area contributed by atoms with E-state index in [1.54, 1.807) is 0 Å². The van der Waals surface area contributed by atoms with E-state index < -0.39 is 6.29 Å². The predicted octanol–water partition coefficient (Wildman–Crippen LogP) is 2.12. The van der Waals surface area contributed by atoms with Crippen molar-refractivity contribution in [2.24, 2.45) is 5.92 Å². The van der Waals surface area contributed by atoms with Crippen LogP contribution in [-0.2, 0) is 19.0 Å². The lowest BCUT2D eigenvalue weighted by atomic mass is 10.0. The maximum atomic E-state index is 11.7. The monoisotopic (exact) mass is 230 g/mol. The summed E-state index contributed by atoms with van der Waals surface area (Å²) in [6.45, 7) is 5.53. The second kappa shape index (κ2) is 7.63. The van der Waals surface area contributed by atoms with E-state index in [2.05, 4.69) is 6.92 Å². The van der Waals surface area contributed by atoms with Crippen molar-refractivity contribution in [1.82, 2.24) is 0 Å². The van der Waals surface area contributed by atoms with Gasteiger partial charge in [0.2, 0.25) is 0 Å². The Morgan fingerprint density at radius 3 is 2.56 bits per heavy atom. The normalized spacial score (nSPS) is 18.6. The number of esters is 1. The average Bonchev–Trinajstić information content (AvgIpc) is 2.78. The number of hydrogen-bond acceptors (Lipinski definition) is 4. The summed E-state index contributed by atoms with van der Waals surface area (Å²) in [4.78, 5) is 11.7. The summed E-state index contributed by atoms with van der Waals surface area (Å²) < 4.78 is 15.8. The minimum Gasteiger partial charge on any atom is -0.466 e. The van der Waals surface area contributed by atoms with Gasteiger partial charge in [-0.05, 0) is 13.3 Å². The summed E-state index contributed by atoms with van der Waals surface area (Å²) >= 11 is 0. The molecule has 1 heterocycles. The molecule has 16 heavy (non-hydrogen) atoms. The Kier molecular flexibility index (Phi) is 6.42. The van der Waals surface area contributed by atoms with Crippen LogP contribution < -0.4 is 0 Å². The fourth-order valence-corrected chi connectivity index (χ4v) is 1.84. The van der Waals surface area contributed by atoms with Crippen LogP contribution in [0, 0.1) is 5.92 Å². The van der Waals surface area contributed by atoms with E-state index in [0.29, 0.717) is 19.8 Å². The Labute approximate surface area is 97.2 Å². The van der Waals surface area contributed by atoms with Crippen LogP contribution in [0.4, 0.5) is 0 Å². The van der Waals surface area contributed by atoms with Gasteiger partial charge in [0.25, 0.3) is 0 Å². The van der Waals surface area contributed by atoms with Crippen molar-refractivity contribution in [3.05, 3.63) is 0 Å². The molecule has 0 N–H and O–H groups in total. The lowest BCUT2D eigenvalue weighted by Gasteiger charge is -2.20. The predicted molar refractivity (Wildman–Crippen MR) is 60.0 cm³/mol. The van der Waals surface area contributed by atoms with Gasteiger partial charge in [0, 0.05) is 0 Å². The van der Waals surface area contributed by atoms with Crippen molar-refractivity contribution in [2.75, 3.05) is 19.8 Å². The van der Waals surface area contributed by atoms with Crippen molar-refractivity contribution >= 4 is 5.97 Å². The van der Waals surface area contributed by atoms with E-state index in [4.69, 9.17) is 14.2 Å². The highest BCUT2D eigenvalue weighted by molar-refractivity contribution is 5.72. The quantitative estimate of drug-likeness (QED) is 0.496. The Hall–Kier alpha value is -0.610. The zero-order valence-corrected chi connectivity index (χ0v) is 10.2. The first kappa shape index (κ1) is 13.5. The van der Waals surface area contributed by atoms with E-state index in [-0.39, 0.29) is 11.9 Å². The summed E-state index contributed by atoms with van der Waals surface area (Å²) in [5, 5.41) is 0. The molecule has 0 spiro atoms. The van der Waals surface area contributed by atoms with E-state index in [9.17, 15) is 4.79 Å². The SMILES string of the molecule is CCCCCC(C(=O)OCC)C1OCCO1. The summed E-state index contributed by atoms with van der Waals surface area (Å²) in [5.74, 6) is -0.445. The number of carbonyl (C=O) groups excluding carboxylic acids is 1. The van der Waals surface area contributed by atoms with Crippen LogP contribution >= 0.6 is 0 Å². The molecule has 0 bridgehead atoms. The molecular formula is C12H22O4. The molecule has 0 radical (unpaired) electrons. The van der Waals surface area contributed by atoms with E-state index in [1.165, 1.54) is 0 Å². The third kappa shape index (κ3) is 4.10. The molecule has 1 fully saturated rings. The maximum Gasteiger partial charge on any atom is 0.314 e. The summed E-state index contributed by atoms with van der Waals surface area (Å²) in [7, 11) is 0. The number of ether oxygens (including phenoxy) is 3. The van der Waals surface area contributed by atoms with Crippen molar-refractivity contribution in [3.63, 3.8) is 0 Å². The summed E-state index contributed by atoms with van der Waals surface area (Å²) in [6.07, 6.45) is 3.68. The van der Waals surface area contributed by atoms with Gasteiger partial charge in [-0.15, -0.1) is 0 Å². The Bertz CT molecular complexity index is 199. The van der Waals surface area contributed by atoms with Gasteiger partial charge in [0.1, 0.15) is 5.92 Å². The highest BCUT2D eigenvalue weighted by Crippen LogP contribution is 2.22. The van der Waals surface area contributed by atoms with Crippen LogP contribution in [0.2, 0.25) is 0 Å². The fraction of sp³-hybridized carbons (Fsp3) is 0.917. The topological polar surface area (TPSA) is 44.8 Å². The molecule has 0 aromatic carbocycles. The second-order valence-electron chi connectivity index (χ2n) is 3.96. The summed E-state index contributed by atoms with van der Waals surface area (Å²) in [6, 6.07) is 0. The molecule has 1 atom stereocenters. The van der Waals surface area contributed by atoms with Crippen molar-refractivity contribution < 1.29 is 19.0 Å². The second-order valence-corrected chi connectivity index (χ2v) is 3.96. The van der Waals surface area contributed by atoms with Gasteiger partial charge in [-0.3, -0.25) is 4.79 Å². The third-order valence-electron chi connectivity index (χ3n) is 2.68. The Morgan fingerprint density at radius 1 is 1.31 bits per heavy atom. The van der Waals surface area contributed by atoms with Gasteiger partial charge in [-0.2, -0.15) is 0 Å². The Morgan fingerprint density at radius 2 is 2.00 bits per heavy atom. The maximum absolute atomic E-state index is 11.7. The molecular weight excluding hydrogens is 208 g/mol. The van der Waals surface area contributed by atoms with Crippen LogP contribution in [0.15, 0.2) is 0 Å². The fourth-order valence-electron chi connectivity index (χ4n) is 1.84. The zero-order valence-electron chi connectivity index (χ0n) is 10.2.